The molecule has 0 spiro atoms. The molecule has 2 aromatic carbocycles. The second-order valence-corrected chi connectivity index (χ2v) is 6.43. The van der Waals surface area contributed by atoms with Crippen LogP contribution in [0.25, 0.3) is 0 Å². The van der Waals surface area contributed by atoms with Gasteiger partial charge in [0.05, 0.1) is 5.56 Å². The Morgan fingerprint density at radius 3 is 1.57 bits per heavy atom. The summed E-state index contributed by atoms with van der Waals surface area (Å²) in [5.41, 5.74) is 2.33. The van der Waals surface area contributed by atoms with Crippen LogP contribution in [-0.2, 0) is 19.1 Å². The molecular weight excluding hydrogens is 384 g/mol. The Morgan fingerprint density at radius 2 is 1.14 bits per heavy atom. The lowest BCUT2D eigenvalue weighted by atomic mass is 10.1. The van der Waals surface area contributed by atoms with Gasteiger partial charge in [0.1, 0.15) is 0 Å². The number of aryl methyl sites for hydroxylation is 2. The molecule has 0 unspecified atom stereocenters. The van der Waals surface area contributed by atoms with Crippen LogP contribution in [0.1, 0.15) is 27.0 Å². The fraction of sp³-hybridized carbons (Fsp3) is 0.200. The summed E-state index contributed by atoms with van der Waals surface area (Å²) in [5.74, 6) is -4.28. The van der Waals surface area contributed by atoms with Crippen molar-refractivity contribution in [3.05, 3.63) is 70.8 Å². The first-order valence-electron chi connectivity index (χ1n) is 8.20. The maximum Gasteiger partial charge on any atom is 0.349 e. The number of carboxylic acids is 2. The number of hydrogen-bond donors (Lipinski definition) is 2. The van der Waals surface area contributed by atoms with E-state index < -0.39 is 30.1 Å². The number of carbonyl (C=O) groups excluding carboxylic acids is 1. The quantitative estimate of drug-likeness (QED) is 0.537. The summed E-state index contributed by atoms with van der Waals surface area (Å²) < 4.78 is 10.1. The Bertz CT molecular complexity index is 812. The lowest BCUT2D eigenvalue weighted by Crippen LogP contribution is -2.45. The van der Waals surface area contributed by atoms with Gasteiger partial charge >= 0.3 is 17.9 Å². The third-order valence-corrected chi connectivity index (χ3v) is 4.14. The predicted octanol–water partition coefficient (Wildman–Crippen LogP) is 2.76. The summed E-state index contributed by atoms with van der Waals surface area (Å²) in [6.45, 7) is 3.67. The highest BCUT2D eigenvalue weighted by molar-refractivity contribution is 7.80. The smallest absolute Gasteiger partial charge is 0.349 e. The molecule has 0 aromatic heterocycles. The third-order valence-electron chi connectivity index (χ3n) is 3.80. The van der Waals surface area contributed by atoms with E-state index in [4.69, 9.17) is 21.7 Å². The summed E-state index contributed by atoms with van der Waals surface area (Å²) in [5, 5.41) is 18.6. The van der Waals surface area contributed by atoms with E-state index in [2.05, 4.69) is 0 Å². The van der Waals surface area contributed by atoms with Crippen molar-refractivity contribution in [2.45, 2.75) is 26.1 Å². The molecule has 7 nitrogen and oxygen atoms in total. The molecule has 2 aromatic rings. The maximum atomic E-state index is 12.2. The van der Waals surface area contributed by atoms with Crippen LogP contribution in [0.15, 0.2) is 48.5 Å². The van der Waals surface area contributed by atoms with Crippen molar-refractivity contribution in [1.29, 1.82) is 0 Å². The number of thiocarbonyl (C=S) groups is 1. The van der Waals surface area contributed by atoms with E-state index in [1.165, 1.54) is 12.1 Å². The Labute approximate surface area is 166 Å². The zero-order chi connectivity index (χ0) is 20.8. The minimum atomic E-state index is -2.09. The summed E-state index contributed by atoms with van der Waals surface area (Å²) >= 11 is 5.07. The van der Waals surface area contributed by atoms with Gasteiger partial charge < -0.3 is 19.7 Å². The van der Waals surface area contributed by atoms with E-state index in [0.29, 0.717) is 5.56 Å². The number of benzene rings is 2. The fourth-order valence-electron chi connectivity index (χ4n) is 2.23. The van der Waals surface area contributed by atoms with Crippen molar-refractivity contribution in [3.8, 4) is 0 Å². The van der Waals surface area contributed by atoms with Crippen LogP contribution in [-0.4, -0.2) is 45.4 Å². The van der Waals surface area contributed by atoms with Crippen molar-refractivity contribution in [1.82, 2.24) is 0 Å². The van der Waals surface area contributed by atoms with Gasteiger partial charge in [0.25, 0.3) is 0 Å². The van der Waals surface area contributed by atoms with Gasteiger partial charge in [-0.25, -0.2) is 14.4 Å². The van der Waals surface area contributed by atoms with E-state index in [1.54, 1.807) is 36.4 Å². The van der Waals surface area contributed by atoms with Gasteiger partial charge in [-0.15, -0.1) is 0 Å². The van der Waals surface area contributed by atoms with Crippen molar-refractivity contribution in [3.63, 3.8) is 0 Å². The average Bonchev–Trinajstić information content (AvgIpc) is 2.64. The molecule has 2 N–H and O–H groups in total. The van der Waals surface area contributed by atoms with E-state index in [1.807, 2.05) is 13.8 Å². The van der Waals surface area contributed by atoms with Crippen LogP contribution in [0.3, 0.4) is 0 Å². The monoisotopic (exact) mass is 402 g/mol. The minimum Gasteiger partial charge on any atom is -0.478 e. The molecule has 0 radical (unpaired) electrons. The molecule has 146 valence electrons. The molecule has 2 atom stereocenters. The van der Waals surface area contributed by atoms with E-state index in [-0.39, 0.29) is 10.6 Å². The Kier molecular flexibility index (Phi) is 6.84. The molecule has 28 heavy (non-hydrogen) atoms. The maximum absolute atomic E-state index is 12.2. The topological polar surface area (TPSA) is 110 Å². The molecule has 0 amide bonds. The standard InChI is InChI=1S/C20H18O7S/c1-11-3-7-13(8-4-11)19(25)26-15(17(21)22)16(18(23)24)27-20(28)14-9-5-12(2)6-10-14/h3-10,15-16H,1-2H3,(H,21,22)(H,23,24)/t15-,16-/m0/s1. The second kappa shape index (κ2) is 9.09. The lowest BCUT2D eigenvalue weighted by molar-refractivity contribution is -0.164. The summed E-state index contributed by atoms with van der Waals surface area (Å²) in [7, 11) is 0. The normalized spacial score (nSPS) is 12.5. The van der Waals surface area contributed by atoms with Crippen LogP contribution < -0.4 is 0 Å². The van der Waals surface area contributed by atoms with Gasteiger partial charge in [-0.3, -0.25) is 0 Å². The van der Waals surface area contributed by atoms with Crippen LogP contribution in [0.4, 0.5) is 0 Å². The summed E-state index contributed by atoms with van der Waals surface area (Å²) in [4.78, 5) is 35.4. The molecular formula is C20H18O7S. The van der Waals surface area contributed by atoms with Crippen molar-refractivity contribution in [2.75, 3.05) is 0 Å². The van der Waals surface area contributed by atoms with Crippen LogP contribution in [0.5, 0.6) is 0 Å². The molecule has 0 heterocycles. The van der Waals surface area contributed by atoms with E-state index in [9.17, 15) is 24.6 Å². The summed E-state index contributed by atoms with van der Waals surface area (Å²) in [6.07, 6.45) is -4.10. The number of ether oxygens (including phenoxy) is 2. The molecule has 0 aliphatic rings. The lowest BCUT2D eigenvalue weighted by Gasteiger charge is -2.22. The molecule has 0 aliphatic heterocycles. The summed E-state index contributed by atoms with van der Waals surface area (Å²) in [6, 6.07) is 12.9. The van der Waals surface area contributed by atoms with Crippen molar-refractivity contribution < 1.29 is 34.1 Å². The molecule has 0 fully saturated rings. The second-order valence-electron chi connectivity index (χ2n) is 6.06. The van der Waals surface area contributed by atoms with Crippen molar-refractivity contribution >= 4 is 35.2 Å². The highest BCUT2D eigenvalue weighted by atomic mass is 32.1. The van der Waals surface area contributed by atoms with E-state index in [0.717, 1.165) is 11.1 Å². The van der Waals surface area contributed by atoms with Crippen LogP contribution >= 0.6 is 12.2 Å². The predicted molar refractivity (Wildman–Crippen MR) is 103 cm³/mol. The highest BCUT2D eigenvalue weighted by Crippen LogP contribution is 2.15. The van der Waals surface area contributed by atoms with Crippen LogP contribution in [0.2, 0.25) is 0 Å². The Hall–Kier alpha value is -3.26. The fourth-order valence-corrected chi connectivity index (χ4v) is 2.47. The SMILES string of the molecule is Cc1ccc(C(=O)O[C@H](C(=O)O)[C@H](OC(=S)c2ccc(C)cc2)C(=O)O)cc1. The number of hydrogen-bond acceptors (Lipinski definition) is 6. The Balaban J connectivity index is 2.21. The van der Waals surface area contributed by atoms with Gasteiger partial charge in [0.2, 0.25) is 12.2 Å². The molecule has 0 aliphatic carbocycles. The van der Waals surface area contributed by atoms with Gasteiger partial charge in [0, 0.05) is 5.56 Å². The van der Waals surface area contributed by atoms with Crippen molar-refractivity contribution in [2.24, 2.45) is 0 Å². The first-order chi connectivity index (χ1) is 13.2. The zero-order valence-electron chi connectivity index (χ0n) is 15.1. The average molecular weight is 402 g/mol. The van der Waals surface area contributed by atoms with Gasteiger partial charge in [-0.05, 0) is 38.2 Å². The molecule has 0 saturated carbocycles. The molecule has 8 heteroatoms. The number of carbonyl (C=O) groups is 3. The number of carboxylic acid groups (broad SMARTS) is 2. The minimum absolute atomic E-state index is 0.0853. The van der Waals surface area contributed by atoms with Gasteiger partial charge in [-0.2, -0.15) is 0 Å². The number of aliphatic carboxylic acids is 2. The number of esters is 1. The Morgan fingerprint density at radius 1 is 0.750 bits per heavy atom. The highest BCUT2D eigenvalue weighted by Gasteiger charge is 2.40. The molecule has 2 rings (SSSR count). The van der Waals surface area contributed by atoms with Gasteiger partial charge in [-0.1, -0.05) is 47.5 Å². The van der Waals surface area contributed by atoms with E-state index >= 15 is 0 Å². The largest absolute Gasteiger partial charge is 0.478 e. The first-order valence-corrected chi connectivity index (χ1v) is 8.61. The zero-order valence-corrected chi connectivity index (χ0v) is 15.9. The number of rotatable bonds is 7. The van der Waals surface area contributed by atoms with Crippen LogP contribution in [0, 0.1) is 13.8 Å². The molecule has 0 bridgehead atoms. The first kappa shape index (κ1) is 21.0. The molecule has 0 saturated heterocycles. The van der Waals surface area contributed by atoms with Gasteiger partial charge in [0.15, 0.2) is 5.05 Å². The third kappa shape index (κ3) is 5.37.